The third-order valence-corrected chi connectivity index (χ3v) is 5.48. The molecule has 0 aliphatic rings. The van der Waals surface area contributed by atoms with Gasteiger partial charge in [-0.3, -0.25) is 4.79 Å². The van der Waals surface area contributed by atoms with Crippen molar-refractivity contribution >= 4 is 35.3 Å². The minimum atomic E-state index is -0.203. The van der Waals surface area contributed by atoms with Crippen LogP contribution in [0, 0.1) is 13.8 Å². The maximum atomic E-state index is 12.2. The number of methoxy groups -OCH3 is 1. The Kier molecular flexibility index (Phi) is 8.14. The van der Waals surface area contributed by atoms with E-state index >= 15 is 0 Å². The second-order valence-corrected chi connectivity index (χ2v) is 8.13. The summed E-state index contributed by atoms with van der Waals surface area (Å²) in [6.07, 6.45) is 1.76. The Bertz CT molecular complexity index is 1150. The molecule has 0 atom stereocenters. The highest BCUT2D eigenvalue weighted by Crippen LogP contribution is 2.37. The number of aryl methyl sites for hydroxylation is 2. The van der Waals surface area contributed by atoms with Gasteiger partial charge in [0, 0.05) is 10.6 Å². The zero-order valence-electron chi connectivity index (χ0n) is 18.1. The molecule has 0 aliphatic heterocycles. The van der Waals surface area contributed by atoms with Gasteiger partial charge in [0.05, 0.1) is 24.8 Å². The molecule has 3 rings (SSSR count). The van der Waals surface area contributed by atoms with E-state index < -0.39 is 0 Å². The first-order valence-electron chi connectivity index (χ1n) is 9.99. The lowest BCUT2D eigenvalue weighted by atomic mass is 10.0. The van der Waals surface area contributed by atoms with Crippen LogP contribution in [-0.4, -0.2) is 19.2 Å². The topological polar surface area (TPSA) is 59.9 Å². The predicted octanol–water partition coefficient (Wildman–Crippen LogP) is 5.89. The number of hydrazone groups is 1. The van der Waals surface area contributed by atoms with Crippen molar-refractivity contribution in [3.8, 4) is 11.5 Å². The van der Waals surface area contributed by atoms with E-state index in [1.807, 2.05) is 44.2 Å². The SMILES string of the molecule is COc1cc(/C=N/NC(=O)Cc2ccc(C)cc2C)cc(Cl)c1OCc1ccccc1Cl. The van der Waals surface area contributed by atoms with Crippen molar-refractivity contribution in [3.63, 3.8) is 0 Å². The molecule has 0 saturated carbocycles. The largest absolute Gasteiger partial charge is 0.493 e. The first-order valence-corrected chi connectivity index (χ1v) is 10.7. The number of ether oxygens (including phenoxy) is 2. The molecule has 0 aromatic heterocycles. The molecule has 5 nitrogen and oxygen atoms in total. The zero-order chi connectivity index (χ0) is 23.1. The highest BCUT2D eigenvalue weighted by molar-refractivity contribution is 6.32. The van der Waals surface area contributed by atoms with E-state index in [4.69, 9.17) is 32.7 Å². The number of nitrogens with zero attached hydrogens (tertiary/aromatic N) is 1. The normalized spacial score (nSPS) is 10.9. The van der Waals surface area contributed by atoms with E-state index in [1.165, 1.54) is 13.3 Å². The molecule has 166 valence electrons. The summed E-state index contributed by atoms with van der Waals surface area (Å²) in [6.45, 7) is 4.26. The highest BCUT2D eigenvalue weighted by Gasteiger charge is 2.13. The lowest BCUT2D eigenvalue weighted by molar-refractivity contribution is -0.120. The van der Waals surface area contributed by atoms with E-state index in [0.29, 0.717) is 27.1 Å². The molecule has 0 heterocycles. The summed E-state index contributed by atoms with van der Waals surface area (Å²) in [5.74, 6) is 0.656. The first-order chi connectivity index (χ1) is 15.4. The van der Waals surface area contributed by atoms with Crippen LogP contribution in [-0.2, 0) is 17.8 Å². The van der Waals surface area contributed by atoms with Crippen LogP contribution in [0.3, 0.4) is 0 Å². The fourth-order valence-corrected chi connectivity index (χ4v) is 3.62. The van der Waals surface area contributed by atoms with Crippen LogP contribution in [0.2, 0.25) is 10.0 Å². The Morgan fingerprint density at radius 2 is 1.81 bits per heavy atom. The number of benzene rings is 3. The van der Waals surface area contributed by atoms with Crippen molar-refractivity contribution in [2.75, 3.05) is 7.11 Å². The van der Waals surface area contributed by atoms with Crippen LogP contribution < -0.4 is 14.9 Å². The number of halogens is 2. The second-order valence-electron chi connectivity index (χ2n) is 7.31. The van der Waals surface area contributed by atoms with E-state index in [2.05, 4.69) is 16.6 Å². The summed E-state index contributed by atoms with van der Waals surface area (Å²) in [6, 6.07) is 16.8. The number of hydrogen-bond donors (Lipinski definition) is 1. The van der Waals surface area contributed by atoms with Gasteiger partial charge < -0.3 is 9.47 Å². The number of carbonyl (C=O) groups excluding carboxylic acids is 1. The van der Waals surface area contributed by atoms with Crippen molar-refractivity contribution in [2.24, 2.45) is 5.10 Å². The van der Waals surface area contributed by atoms with Crippen molar-refractivity contribution in [1.82, 2.24) is 5.43 Å². The maximum Gasteiger partial charge on any atom is 0.244 e. The van der Waals surface area contributed by atoms with E-state index in [9.17, 15) is 4.79 Å². The summed E-state index contributed by atoms with van der Waals surface area (Å²) in [4.78, 5) is 12.2. The van der Waals surface area contributed by atoms with E-state index in [1.54, 1.807) is 18.2 Å². The van der Waals surface area contributed by atoms with Gasteiger partial charge in [0.1, 0.15) is 6.61 Å². The third-order valence-electron chi connectivity index (χ3n) is 4.83. The molecule has 32 heavy (non-hydrogen) atoms. The molecule has 1 N–H and O–H groups in total. The van der Waals surface area contributed by atoms with Gasteiger partial charge in [-0.25, -0.2) is 5.43 Å². The molecule has 0 saturated heterocycles. The third kappa shape index (κ3) is 6.25. The van der Waals surface area contributed by atoms with Crippen molar-refractivity contribution in [3.05, 3.63) is 92.5 Å². The van der Waals surface area contributed by atoms with Gasteiger partial charge in [-0.15, -0.1) is 0 Å². The van der Waals surface area contributed by atoms with Gasteiger partial charge in [0.15, 0.2) is 11.5 Å². The second kappa shape index (κ2) is 11.0. The number of rotatable bonds is 8. The molecular weight excluding hydrogens is 447 g/mol. The monoisotopic (exact) mass is 470 g/mol. The lowest BCUT2D eigenvalue weighted by Gasteiger charge is -2.14. The average molecular weight is 471 g/mol. The molecule has 0 aliphatic carbocycles. The molecule has 1 amide bonds. The van der Waals surface area contributed by atoms with Crippen molar-refractivity contribution in [1.29, 1.82) is 0 Å². The van der Waals surface area contributed by atoms with Crippen LogP contribution in [0.5, 0.6) is 11.5 Å². The van der Waals surface area contributed by atoms with Crippen LogP contribution in [0.15, 0.2) is 59.7 Å². The Labute approximate surface area is 198 Å². The molecule has 0 fully saturated rings. The van der Waals surface area contributed by atoms with Crippen molar-refractivity contribution < 1.29 is 14.3 Å². The number of carbonyl (C=O) groups is 1. The minimum absolute atomic E-state index is 0.203. The summed E-state index contributed by atoms with van der Waals surface area (Å²) < 4.78 is 11.3. The summed E-state index contributed by atoms with van der Waals surface area (Å²) >= 11 is 12.6. The molecule has 3 aromatic carbocycles. The molecular formula is C25H24Cl2N2O3. The highest BCUT2D eigenvalue weighted by atomic mass is 35.5. The standard InChI is InChI=1S/C25H24Cl2N2O3/c1-16-8-9-19(17(2)10-16)13-24(30)29-28-14-18-11-22(27)25(23(12-18)31-3)32-15-20-6-4-5-7-21(20)26/h4-12,14H,13,15H2,1-3H3,(H,29,30)/b28-14+. The Morgan fingerprint density at radius 1 is 1.03 bits per heavy atom. The fraction of sp³-hybridized carbons (Fsp3) is 0.200. The molecule has 7 heteroatoms. The number of nitrogens with one attached hydrogen (secondary N) is 1. The quantitative estimate of drug-likeness (QED) is 0.329. The summed E-state index contributed by atoms with van der Waals surface area (Å²) in [5, 5.41) is 5.01. The zero-order valence-corrected chi connectivity index (χ0v) is 19.6. The minimum Gasteiger partial charge on any atom is -0.493 e. The maximum absolute atomic E-state index is 12.2. The van der Waals surface area contributed by atoms with Crippen LogP contribution >= 0.6 is 23.2 Å². The smallest absolute Gasteiger partial charge is 0.244 e. The average Bonchev–Trinajstić information content (AvgIpc) is 2.75. The van der Waals surface area contributed by atoms with Gasteiger partial charge in [-0.1, -0.05) is 65.2 Å². The molecule has 0 bridgehead atoms. The molecule has 3 aromatic rings. The van der Waals surface area contributed by atoms with Crippen LogP contribution in [0.25, 0.3) is 0 Å². The molecule has 0 radical (unpaired) electrons. The van der Waals surface area contributed by atoms with Crippen molar-refractivity contribution in [2.45, 2.75) is 26.9 Å². The van der Waals surface area contributed by atoms with Gasteiger partial charge in [0.2, 0.25) is 5.91 Å². The van der Waals surface area contributed by atoms with Gasteiger partial charge in [-0.2, -0.15) is 5.10 Å². The molecule has 0 spiro atoms. The lowest BCUT2D eigenvalue weighted by Crippen LogP contribution is -2.20. The van der Waals surface area contributed by atoms with Gasteiger partial charge in [-0.05, 0) is 48.7 Å². The van der Waals surface area contributed by atoms with Gasteiger partial charge in [0.25, 0.3) is 0 Å². The fourth-order valence-electron chi connectivity index (χ4n) is 3.16. The Hall–Kier alpha value is -3.02. The summed E-state index contributed by atoms with van der Waals surface area (Å²) in [7, 11) is 1.53. The number of amides is 1. The predicted molar refractivity (Wildman–Crippen MR) is 129 cm³/mol. The number of hydrogen-bond acceptors (Lipinski definition) is 4. The van der Waals surface area contributed by atoms with Crippen LogP contribution in [0.4, 0.5) is 0 Å². The summed E-state index contributed by atoms with van der Waals surface area (Å²) in [5.41, 5.74) is 7.24. The van der Waals surface area contributed by atoms with Gasteiger partial charge >= 0.3 is 0 Å². The van der Waals surface area contributed by atoms with E-state index in [-0.39, 0.29) is 18.9 Å². The van der Waals surface area contributed by atoms with Crippen LogP contribution in [0.1, 0.15) is 27.8 Å². The Morgan fingerprint density at radius 3 is 2.53 bits per heavy atom. The van der Waals surface area contributed by atoms with E-state index in [0.717, 1.165) is 22.3 Å². The first kappa shape index (κ1) is 23.6. The Balaban J connectivity index is 1.65. The molecule has 0 unspecified atom stereocenters.